The third-order valence-electron chi connectivity index (χ3n) is 5.30. The minimum atomic E-state index is -3.31. The molecule has 0 amide bonds. The van der Waals surface area contributed by atoms with Crippen molar-refractivity contribution in [2.75, 3.05) is 31.3 Å². The van der Waals surface area contributed by atoms with Crippen molar-refractivity contribution < 1.29 is 13.2 Å². The van der Waals surface area contributed by atoms with E-state index in [1.54, 1.807) is 20.2 Å². The molecule has 0 spiro atoms. The number of anilines is 1. The Balaban J connectivity index is 0.00000300. The van der Waals surface area contributed by atoms with Crippen molar-refractivity contribution in [3.63, 3.8) is 0 Å². The molecule has 1 saturated heterocycles. The number of methoxy groups -OCH3 is 1. The molecule has 3 rings (SSSR count). The summed E-state index contributed by atoms with van der Waals surface area (Å²) in [6.45, 7) is 1.61. The molecule has 160 valence electrons. The summed E-state index contributed by atoms with van der Waals surface area (Å²) < 4.78 is 30.5. The first-order valence-corrected chi connectivity index (χ1v) is 11.4. The zero-order valence-corrected chi connectivity index (χ0v) is 18.7. The maximum absolute atomic E-state index is 11.9. The zero-order valence-electron chi connectivity index (χ0n) is 17.1. The van der Waals surface area contributed by atoms with Gasteiger partial charge in [-0.25, -0.2) is 8.42 Å². The van der Waals surface area contributed by atoms with Crippen LogP contribution in [0.4, 0.5) is 5.69 Å². The fourth-order valence-corrected chi connectivity index (χ4v) is 4.15. The van der Waals surface area contributed by atoms with E-state index in [-0.39, 0.29) is 24.5 Å². The molecule has 1 aliphatic rings. The maximum atomic E-state index is 11.9. The lowest BCUT2D eigenvalue weighted by Crippen LogP contribution is -2.45. The van der Waals surface area contributed by atoms with Crippen LogP contribution < -0.4 is 19.7 Å². The van der Waals surface area contributed by atoms with Crippen LogP contribution in [0.5, 0.6) is 5.75 Å². The summed E-state index contributed by atoms with van der Waals surface area (Å²) in [6, 6.07) is 16.5. The first-order chi connectivity index (χ1) is 13.4. The van der Waals surface area contributed by atoms with E-state index in [1.165, 1.54) is 16.1 Å². The number of hydrogen-bond acceptors (Lipinski definition) is 5. The summed E-state index contributed by atoms with van der Waals surface area (Å²) in [7, 11) is -0.117. The number of nitrogens with zero attached hydrogens (tertiary/aromatic N) is 1. The molecule has 8 heteroatoms. The predicted octanol–water partition coefficient (Wildman–Crippen LogP) is 3.10. The average Bonchev–Trinajstić information content (AvgIpc) is 2.71. The summed E-state index contributed by atoms with van der Waals surface area (Å²) in [5, 5.41) is 7.27. The minimum absolute atomic E-state index is 0. The topological polar surface area (TPSA) is 70.7 Å². The van der Waals surface area contributed by atoms with Crippen molar-refractivity contribution in [3.05, 3.63) is 59.7 Å². The molecule has 2 aromatic carbocycles. The van der Waals surface area contributed by atoms with Gasteiger partial charge in [0.1, 0.15) is 5.75 Å². The molecule has 2 atom stereocenters. The highest BCUT2D eigenvalue weighted by Gasteiger charge is 2.26. The Morgan fingerprint density at radius 3 is 2.59 bits per heavy atom. The van der Waals surface area contributed by atoms with Gasteiger partial charge >= 0.3 is 0 Å². The molecule has 0 saturated carbocycles. The van der Waals surface area contributed by atoms with E-state index >= 15 is 0 Å². The van der Waals surface area contributed by atoms with Crippen LogP contribution in [0.2, 0.25) is 0 Å². The van der Waals surface area contributed by atoms with Gasteiger partial charge in [-0.15, -0.1) is 12.4 Å². The molecule has 2 unspecified atom stereocenters. The monoisotopic (exact) mass is 439 g/mol. The van der Waals surface area contributed by atoms with E-state index in [1.807, 2.05) is 18.2 Å². The van der Waals surface area contributed by atoms with Gasteiger partial charge in [0.25, 0.3) is 0 Å². The zero-order chi connectivity index (χ0) is 20.1. The number of halogens is 1. The molecule has 0 aliphatic carbocycles. The van der Waals surface area contributed by atoms with Crippen molar-refractivity contribution >= 4 is 28.1 Å². The summed E-state index contributed by atoms with van der Waals surface area (Å²) in [5.41, 5.74) is 2.84. The average molecular weight is 440 g/mol. The lowest BCUT2D eigenvalue weighted by Gasteiger charge is -2.34. The van der Waals surface area contributed by atoms with Gasteiger partial charge in [0.2, 0.25) is 10.0 Å². The summed E-state index contributed by atoms with van der Waals surface area (Å²) in [6.07, 6.45) is 3.40. The van der Waals surface area contributed by atoms with Crippen LogP contribution in [0.15, 0.2) is 48.5 Å². The first-order valence-electron chi connectivity index (χ1n) is 9.52. The number of benzene rings is 2. The van der Waals surface area contributed by atoms with Gasteiger partial charge in [0, 0.05) is 31.2 Å². The van der Waals surface area contributed by atoms with Crippen LogP contribution >= 0.6 is 12.4 Å². The Morgan fingerprint density at radius 1 is 1.21 bits per heavy atom. The van der Waals surface area contributed by atoms with Gasteiger partial charge in [-0.05, 0) is 43.1 Å². The molecule has 2 aromatic rings. The minimum Gasteiger partial charge on any atom is -0.496 e. The van der Waals surface area contributed by atoms with Gasteiger partial charge in [-0.3, -0.25) is 4.31 Å². The molecule has 1 heterocycles. The van der Waals surface area contributed by atoms with Crippen molar-refractivity contribution in [3.8, 4) is 5.75 Å². The van der Waals surface area contributed by atoms with Crippen LogP contribution in [0, 0.1) is 0 Å². The third kappa shape index (κ3) is 5.85. The molecule has 1 aliphatic heterocycles. The quantitative estimate of drug-likeness (QED) is 0.693. The summed E-state index contributed by atoms with van der Waals surface area (Å²) in [5.74, 6) is 0.748. The van der Waals surface area contributed by atoms with Gasteiger partial charge in [0.15, 0.2) is 0 Å². The molecule has 0 aromatic heterocycles. The Labute approximate surface area is 180 Å². The van der Waals surface area contributed by atoms with Gasteiger partial charge in [-0.2, -0.15) is 0 Å². The van der Waals surface area contributed by atoms with Crippen LogP contribution in [0.25, 0.3) is 0 Å². The molecule has 0 radical (unpaired) electrons. The van der Waals surface area contributed by atoms with E-state index in [4.69, 9.17) is 4.74 Å². The largest absolute Gasteiger partial charge is 0.496 e. The molecule has 29 heavy (non-hydrogen) atoms. The second-order valence-corrected chi connectivity index (χ2v) is 9.21. The van der Waals surface area contributed by atoms with E-state index in [0.717, 1.165) is 30.7 Å². The lowest BCUT2D eigenvalue weighted by atomic mass is 9.92. The smallest absolute Gasteiger partial charge is 0.231 e. The van der Waals surface area contributed by atoms with Crippen LogP contribution in [0.3, 0.4) is 0 Å². The number of piperidine rings is 1. The highest BCUT2D eigenvalue weighted by molar-refractivity contribution is 7.92. The SMILES string of the molecule is COc1ccc(N(C)S(C)(=O)=O)cc1CNC1CCCNC1c1ccccc1.Cl. The first kappa shape index (κ1) is 23.5. The van der Waals surface area contributed by atoms with E-state index in [0.29, 0.717) is 12.2 Å². The fraction of sp³-hybridized carbons (Fsp3) is 0.429. The third-order valence-corrected chi connectivity index (χ3v) is 6.50. The summed E-state index contributed by atoms with van der Waals surface area (Å²) >= 11 is 0. The standard InChI is InChI=1S/C21H29N3O3S.ClH/c1-24(28(3,25)26)18-11-12-20(27-2)17(14-18)15-23-19-10-7-13-22-21(19)16-8-5-4-6-9-16;/h4-6,8-9,11-12,14,19,21-23H,7,10,13,15H2,1-3H3;1H. The number of nitrogens with one attached hydrogen (secondary N) is 2. The number of hydrogen-bond donors (Lipinski definition) is 2. The van der Waals surface area contributed by atoms with Gasteiger partial charge < -0.3 is 15.4 Å². The second kappa shape index (κ2) is 10.3. The summed E-state index contributed by atoms with van der Waals surface area (Å²) in [4.78, 5) is 0. The molecule has 6 nitrogen and oxygen atoms in total. The molecule has 1 fully saturated rings. The van der Waals surface area contributed by atoms with Crippen molar-refractivity contribution in [2.45, 2.75) is 31.5 Å². The van der Waals surface area contributed by atoms with E-state index in [9.17, 15) is 8.42 Å². The molecular formula is C21H30ClN3O3S. The van der Waals surface area contributed by atoms with Gasteiger partial charge in [0.05, 0.1) is 19.1 Å². The van der Waals surface area contributed by atoms with E-state index in [2.05, 4.69) is 34.9 Å². The fourth-order valence-electron chi connectivity index (χ4n) is 3.65. The highest BCUT2D eigenvalue weighted by atomic mass is 35.5. The predicted molar refractivity (Wildman–Crippen MR) is 121 cm³/mol. The normalized spacial score (nSPS) is 19.3. The van der Waals surface area contributed by atoms with Crippen LogP contribution in [-0.4, -0.2) is 41.4 Å². The van der Waals surface area contributed by atoms with Crippen molar-refractivity contribution in [1.82, 2.24) is 10.6 Å². The number of rotatable bonds is 7. The molecular weight excluding hydrogens is 410 g/mol. The number of ether oxygens (including phenoxy) is 1. The lowest BCUT2D eigenvalue weighted by molar-refractivity contribution is 0.303. The van der Waals surface area contributed by atoms with E-state index < -0.39 is 10.0 Å². The Morgan fingerprint density at radius 2 is 1.93 bits per heavy atom. The maximum Gasteiger partial charge on any atom is 0.231 e. The van der Waals surface area contributed by atoms with Crippen molar-refractivity contribution in [1.29, 1.82) is 0 Å². The highest BCUT2D eigenvalue weighted by Crippen LogP contribution is 2.28. The Hall–Kier alpha value is -1.80. The second-order valence-electron chi connectivity index (χ2n) is 7.20. The molecule has 2 N–H and O–H groups in total. The molecule has 0 bridgehead atoms. The van der Waals surface area contributed by atoms with Gasteiger partial charge in [-0.1, -0.05) is 30.3 Å². The van der Waals surface area contributed by atoms with Crippen LogP contribution in [-0.2, 0) is 16.6 Å². The van der Waals surface area contributed by atoms with Crippen LogP contribution in [0.1, 0.15) is 30.0 Å². The Bertz CT molecular complexity index is 893. The van der Waals surface area contributed by atoms with Crippen molar-refractivity contribution in [2.24, 2.45) is 0 Å². The Kier molecular flexibility index (Phi) is 8.34. The number of sulfonamides is 1.